The first-order valence-corrected chi connectivity index (χ1v) is 11.1. The molecule has 0 amide bonds. The fourth-order valence-corrected chi connectivity index (χ4v) is 3.24. The molecule has 0 spiro atoms. The molecule has 2 atom stereocenters. The lowest BCUT2D eigenvalue weighted by Crippen LogP contribution is -2.20. The fourth-order valence-electron chi connectivity index (χ4n) is 3.24. The van der Waals surface area contributed by atoms with Crippen molar-refractivity contribution in [3.8, 4) is 0 Å². The monoisotopic (exact) mass is 390 g/mol. The summed E-state index contributed by atoms with van der Waals surface area (Å²) in [6.07, 6.45) is 9.57. The van der Waals surface area contributed by atoms with Crippen LogP contribution in [0.1, 0.15) is 113 Å². The minimum atomic E-state index is -0.361. The molecule has 1 aromatic carbocycles. The number of hydrogen-bond donors (Lipinski definition) is 0. The summed E-state index contributed by atoms with van der Waals surface area (Å²) >= 11 is 0. The van der Waals surface area contributed by atoms with Crippen LogP contribution < -0.4 is 0 Å². The largest absolute Gasteiger partial charge is 0.459 e. The molecule has 0 saturated heterocycles. The zero-order chi connectivity index (χ0) is 20.8. The predicted octanol–water partition coefficient (Wildman–Crippen LogP) is 6.72. The SMILES string of the molecule is CCCCC(CCC)OC(=O)c1cccc(C(=O)OC(CCC)CCCC)c1. The van der Waals surface area contributed by atoms with Gasteiger partial charge in [-0.2, -0.15) is 0 Å². The van der Waals surface area contributed by atoms with Crippen LogP contribution in [0, 0.1) is 0 Å². The number of rotatable bonds is 14. The van der Waals surface area contributed by atoms with E-state index < -0.39 is 0 Å². The van der Waals surface area contributed by atoms with Gasteiger partial charge in [0, 0.05) is 0 Å². The van der Waals surface area contributed by atoms with Crippen molar-refractivity contribution in [3.05, 3.63) is 35.4 Å². The van der Waals surface area contributed by atoms with Crippen LogP contribution >= 0.6 is 0 Å². The number of hydrogen-bond acceptors (Lipinski definition) is 4. The zero-order valence-electron chi connectivity index (χ0n) is 18.2. The molecule has 0 aliphatic carbocycles. The third-order valence-corrected chi connectivity index (χ3v) is 4.86. The van der Waals surface area contributed by atoms with Crippen LogP contribution in [0.4, 0.5) is 0 Å². The fraction of sp³-hybridized carbons (Fsp3) is 0.667. The van der Waals surface area contributed by atoms with Crippen molar-refractivity contribution in [1.29, 1.82) is 0 Å². The van der Waals surface area contributed by atoms with Crippen LogP contribution in [0.15, 0.2) is 24.3 Å². The maximum atomic E-state index is 12.6. The van der Waals surface area contributed by atoms with Gasteiger partial charge in [0.1, 0.15) is 12.2 Å². The van der Waals surface area contributed by atoms with Gasteiger partial charge in [0.05, 0.1) is 11.1 Å². The van der Waals surface area contributed by atoms with Crippen LogP contribution in [0.2, 0.25) is 0 Å². The van der Waals surface area contributed by atoms with Gasteiger partial charge in [0.2, 0.25) is 0 Å². The van der Waals surface area contributed by atoms with Crippen molar-refractivity contribution in [2.75, 3.05) is 0 Å². The molecule has 1 aromatic rings. The second kappa shape index (κ2) is 14.2. The molecule has 0 bridgehead atoms. The highest BCUT2D eigenvalue weighted by Gasteiger charge is 2.19. The molecule has 28 heavy (non-hydrogen) atoms. The third kappa shape index (κ3) is 8.90. The summed E-state index contributed by atoms with van der Waals surface area (Å²) in [6, 6.07) is 6.70. The molecule has 0 aromatic heterocycles. The molecule has 4 heteroatoms. The molecule has 1 rings (SSSR count). The molecule has 0 aliphatic rings. The Morgan fingerprint density at radius 3 is 1.50 bits per heavy atom. The average Bonchev–Trinajstić information content (AvgIpc) is 2.70. The van der Waals surface area contributed by atoms with E-state index in [4.69, 9.17) is 9.47 Å². The van der Waals surface area contributed by atoms with E-state index in [-0.39, 0.29) is 24.1 Å². The van der Waals surface area contributed by atoms with Crippen molar-refractivity contribution in [1.82, 2.24) is 0 Å². The Labute approximate surface area is 171 Å². The van der Waals surface area contributed by atoms with E-state index in [2.05, 4.69) is 27.7 Å². The first-order chi connectivity index (χ1) is 13.5. The number of esters is 2. The summed E-state index contributed by atoms with van der Waals surface area (Å²) in [5, 5.41) is 0. The van der Waals surface area contributed by atoms with E-state index in [0.717, 1.165) is 64.2 Å². The molecule has 0 N–H and O–H groups in total. The Morgan fingerprint density at radius 2 is 1.14 bits per heavy atom. The number of carbonyl (C=O) groups excluding carboxylic acids is 2. The van der Waals surface area contributed by atoms with E-state index >= 15 is 0 Å². The lowest BCUT2D eigenvalue weighted by Gasteiger charge is -2.18. The van der Waals surface area contributed by atoms with Gasteiger partial charge in [0.15, 0.2) is 0 Å². The minimum absolute atomic E-state index is 0.0592. The first kappa shape index (κ1) is 24.2. The van der Waals surface area contributed by atoms with Crippen molar-refractivity contribution < 1.29 is 19.1 Å². The Bertz CT molecular complexity index is 534. The summed E-state index contributed by atoms with van der Waals surface area (Å²) < 4.78 is 11.4. The van der Waals surface area contributed by atoms with Crippen LogP contribution in [-0.4, -0.2) is 24.1 Å². The molecule has 158 valence electrons. The zero-order valence-corrected chi connectivity index (χ0v) is 18.2. The molecular formula is C24H38O4. The predicted molar refractivity (Wildman–Crippen MR) is 114 cm³/mol. The normalized spacial score (nSPS) is 13.0. The molecule has 0 radical (unpaired) electrons. The highest BCUT2D eigenvalue weighted by atomic mass is 16.5. The lowest BCUT2D eigenvalue weighted by molar-refractivity contribution is 0.0253. The van der Waals surface area contributed by atoms with Gasteiger partial charge in [-0.05, 0) is 43.9 Å². The first-order valence-electron chi connectivity index (χ1n) is 11.1. The van der Waals surface area contributed by atoms with Gasteiger partial charge in [0.25, 0.3) is 0 Å². The second-order valence-corrected chi connectivity index (χ2v) is 7.50. The summed E-state index contributed by atoms with van der Waals surface area (Å²) in [5.74, 6) is -0.722. The van der Waals surface area contributed by atoms with Crippen LogP contribution in [0.25, 0.3) is 0 Å². The molecule has 4 nitrogen and oxygen atoms in total. The van der Waals surface area contributed by atoms with Crippen molar-refractivity contribution in [2.24, 2.45) is 0 Å². The maximum Gasteiger partial charge on any atom is 0.338 e. The minimum Gasteiger partial charge on any atom is -0.459 e. The van der Waals surface area contributed by atoms with Crippen LogP contribution in [0.3, 0.4) is 0 Å². The lowest BCUT2D eigenvalue weighted by atomic mass is 10.1. The van der Waals surface area contributed by atoms with Crippen molar-refractivity contribution in [2.45, 2.75) is 104 Å². The average molecular weight is 391 g/mol. The molecule has 0 heterocycles. The molecule has 0 saturated carbocycles. The number of benzene rings is 1. The quantitative estimate of drug-likeness (QED) is 0.331. The molecular weight excluding hydrogens is 352 g/mol. The van der Waals surface area contributed by atoms with Gasteiger partial charge in [-0.1, -0.05) is 72.3 Å². The summed E-state index contributed by atoms with van der Waals surface area (Å²) in [5.41, 5.74) is 0.820. The number of ether oxygens (including phenoxy) is 2. The molecule has 0 aliphatic heterocycles. The van der Waals surface area contributed by atoms with E-state index in [9.17, 15) is 9.59 Å². The summed E-state index contributed by atoms with van der Waals surface area (Å²) in [4.78, 5) is 25.1. The Morgan fingerprint density at radius 1 is 0.714 bits per heavy atom. The third-order valence-electron chi connectivity index (χ3n) is 4.86. The number of unbranched alkanes of at least 4 members (excludes halogenated alkanes) is 2. The Kier molecular flexibility index (Phi) is 12.3. The number of carbonyl (C=O) groups is 2. The highest BCUT2D eigenvalue weighted by molar-refractivity contribution is 5.95. The Hall–Kier alpha value is -1.84. The van der Waals surface area contributed by atoms with Gasteiger partial charge >= 0.3 is 11.9 Å². The van der Waals surface area contributed by atoms with Gasteiger partial charge in [-0.15, -0.1) is 0 Å². The smallest absolute Gasteiger partial charge is 0.338 e. The summed E-state index contributed by atoms with van der Waals surface area (Å²) in [7, 11) is 0. The van der Waals surface area contributed by atoms with E-state index in [1.165, 1.54) is 0 Å². The van der Waals surface area contributed by atoms with Crippen molar-refractivity contribution in [3.63, 3.8) is 0 Å². The van der Waals surface area contributed by atoms with Gasteiger partial charge < -0.3 is 9.47 Å². The van der Waals surface area contributed by atoms with Crippen molar-refractivity contribution >= 4 is 11.9 Å². The summed E-state index contributed by atoms with van der Waals surface area (Å²) in [6.45, 7) is 8.45. The Balaban J connectivity index is 2.77. The maximum absolute atomic E-state index is 12.6. The second-order valence-electron chi connectivity index (χ2n) is 7.50. The highest BCUT2D eigenvalue weighted by Crippen LogP contribution is 2.17. The van der Waals surface area contributed by atoms with E-state index in [1.807, 2.05) is 0 Å². The molecule has 0 fully saturated rings. The van der Waals surface area contributed by atoms with E-state index in [0.29, 0.717) is 11.1 Å². The van der Waals surface area contributed by atoms with Crippen LogP contribution in [0.5, 0.6) is 0 Å². The van der Waals surface area contributed by atoms with Crippen LogP contribution in [-0.2, 0) is 9.47 Å². The molecule has 2 unspecified atom stereocenters. The topological polar surface area (TPSA) is 52.6 Å². The van der Waals surface area contributed by atoms with Gasteiger partial charge in [-0.25, -0.2) is 9.59 Å². The standard InChI is InChI=1S/C24H38O4/c1-5-9-16-21(12-7-3)27-23(25)19-14-11-15-20(18-19)24(26)28-22(13-8-4)17-10-6-2/h11,14-15,18,21-22H,5-10,12-13,16-17H2,1-4H3. The van der Waals surface area contributed by atoms with Gasteiger partial charge in [-0.3, -0.25) is 0 Å². The van der Waals surface area contributed by atoms with E-state index in [1.54, 1.807) is 24.3 Å².